The number of hydrogen-bond acceptors (Lipinski definition) is 3. The molecular formula is C16H23NO3S. The zero-order chi connectivity index (χ0) is 15.8. The Kier molecular flexibility index (Phi) is 4.42. The van der Waals surface area contributed by atoms with Gasteiger partial charge in [-0.2, -0.15) is 0 Å². The van der Waals surface area contributed by atoms with Crippen molar-refractivity contribution in [3.8, 4) is 0 Å². The van der Waals surface area contributed by atoms with Crippen LogP contribution in [0.3, 0.4) is 0 Å². The Bertz CT molecular complexity index is 542. The smallest absolute Gasteiger partial charge is 0.308 e. The summed E-state index contributed by atoms with van der Waals surface area (Å²) < 4.78 is 0. The van der Waals surface area contributed by atoms with Gasteiger partial charge in [0, 0.05) is 22.7 Å². The third-order valence-corrected chi connectivity index (χ3v) is 5.60. The SMILES string of the molecule is CCN1C(=O)CCC(C(=O)O)C1c1ccc(C(C)(C)C)s1. The zero-order valence-corrected chi connectivity index (χ0v) is 13.9. The van der Waals surface area contributed by atoms with Gasteiger partial charge in [0.2, 0.25) is 5.91 Å². The van der Waals surface area contributed by atoms with Gasteiger partial charge in [-0.3, -0.25) is 9.59 Å². The predicted molar refractivity (Wildman–Crippen MR) is 83.5 cm³/mol. The molecule has 2 atom stereocenters. The van der Waals surface area contributed by atoms with Gasteiger partial charge >= 0.3 is 5.97 Å². The molecule has 1 aromatic rings. The van der Waals surface area contributed by atoms with Crippen LogP contribution >= 0.6 is 11.3 Å². The van der Waals surface area contributed by atoms with Crippen molar-refractivity contribution < 1.29 is 14.7 Å². The van der Waals surface area contributed by atoms with E-state index in [0.29, 0.717) is 19.4 Å². The molecule has 4 nitrogen and oxygen atoms in total. The van der Waals surface area contributed by atoms with Gasteiger partial charge in [-0.25, -0.2) is 0 Å². The first kappa shape index (κ1) is 16.0. The molecule has 116 valence electrons. The number of carbonyl (C=O) groups excluding carboxylic acids is 1. The standard InChI is InChI=1S/C16H23NO3S/c1-5-17-13(18)9-6-10(15(19)20)14(17)11-7-8-12(21-11)16(2,3)4/h7-8,10,14H,5-6,9H2,1-4H3,(H,19,20). The molecule has 1 N–H and O–H groups in total. The lowest BCUT2D eigenvalue weighted by atomic mass is 9.87. The summed E-state index contributed by atoms with van der Waals surface area (Å²) in [5.74, 6) is -1.25. The lowest BCUT2D eigenvalue weighted by Crippen LogP contribution is -2.44. The number of hydrogen-bond donors (Lipinski definition) is 1. The third kappa shape index (κ3) is 3.12. The Balaban J connectivity index is 2.41. The van der Waals surface area contributed by atoms with E-state index in [0.717, 1.165) is 4.88 Å². The molecule has 1 amide bonds. The lowest BCUT2D eigenvalue weighted by Gasteiger charge is -2.38. The highest BCUT2D eigenvalue weighted by Crippen LogP contribution is 2.41. The number of amides is 1. The molecule has 0 radical (unpaired) electrons. The van der Waals surface area contributed by atoms with Crippen molar-refractivity contribution in [3.63, 3.8) is 0 Å². The van der Waals surface area contributed by atoms with E-state index in [1.165, 1.54) is 4.88 Å². The largest absolute Gasteiger partial charge is 0.481 e. The number of carboxylic acid groups (broad SMARTS) is 1. The van der Waals surface area contributed by atoms with Crippen molar-refractivity contribution in [1.29, 1.82) is 0 Å². The van der Waals surface area contributed by atoms with E-state index in [-0.39, 0.29) is 17.4 Å². The molecule has 0 bridgehead atoms. The maximum absolute atomic E-state index is 12.1. The predicted octanol–water partition coefficient (Wildman–Crippen LogP) is 3.43. The van der Waals surface area contributed by atoms with Crippen molar-refractivity contribution in [3.05, 3.63) is 21.9 Å². The second kappa shape index (κ2) is 5.79. The zero-order valence-electron chi connectivity index (χ0n) is 13.0. The minimum Gasteiger partial charge on any atom is -0.481 e. The van der Waals surface area contributed by atoms with Gasteiger partial charge in [0.15, 0.2) is 0 Å². The van der Waals surface area contributed by atoms with Crippen molar-refractivity contribution in [2.45, 2.75) is 52.0 Å². The minimum absolute atomic E-state index is 0.0390. The van der Waals surface area contributed by atoms with E-state index in [4.69, 9.17) is 0 Å². The first-order valence-corrected chi connectivity index (χ1v) is 8.19. The lowest BCUT2D eigenvalue weighted by molar-refractivity contribution is -0.151. The third-order valence-electron chi connectivity index (χ3n) is 4.02. The average molecular weight is 309 g/mol. The fourth-order valence-corrected chi connectivity index (χ4v) is 4.10. The van der Waals surface area contributed by atoms with Crippen molar-refractivity contribution in [2.75, 3.05) is 6.54 Å². The molecule has 0 spiro atoms. The summed E-state index contributed by atoms with van der Waals surface area (Å²) in [6.07, 6.45) is 0.761. The number of rotatable bonds is 3. The second-order valence-corrected chi connectivity index (χ2v) is 7.68. The van der Waals surface area contributed by atoms with Gasteiger partial charge in [-0.1, -0.05) is 20.8 Å². The van der Waals surface area contributed by atoms with Gasteiger partial charge in [0.05, 0.1) is 12.0 Å². The van der Waals surface area contributed by atoms with Crippen molar-refractivity contribution in [2.24, 2.45) is 5.92 Å². The molecule has 1 aromatic heterocycles. The average Bonchev–Trinajstić information content (AvgIpc) is 2.86. The molecule has 1 saturated heterocycles. The maximum Gasteiger partial charge on any atom is 0.308 e. The van der Waals surface area contributed by atoms with Crippen LogP contribution in [-0.2, 0) is 15.0 Å². The number of carboxylic acids is 1. The fourth-order valence-electron chi connectivity index (χ4n) is 2.85. The van der Waals surface area contributed by atoms with Gasteiger partial charge in [0.25, 0.3) is 0 Å². The molecular weight excluding hydrogens is 286 g/mol. The topological polar surface area (TPSA) is 57.6 Å². The van der Waals surface area contributed by atoms with Crippen molar-refractivity contribution in [1.82, 2.24) is 4.90 Å². The first-order chi connectivity index (χ1) is 9.75. The van der Waals surface area contributed by atoms with Crippen LogP contribution in [0.1, 0.15) is 56.3 Å². The van der Waals surface area contributed by atoms with E-state index < -0.39 is 11.9 Å². The Morgan fingerprint density at radius 2 is 2.10 bits per heavy atom. The summed E-state index contributed by atoms with van der Waals surface area (Å²) in [4.78, 5) is 27.6. The Morgan fingerprint density at radius 1 is 1.43 bits per heavy atom. The monoisotopic (exact) mass is 309 g/mol. The van der Waals surface area contributed by atoms with E-state index in [1.54, 1.807) is 16.2 Å². The summed E-state index contributed by atoms with van der Waals surface area (Å²) >= 11 is 1.63. The number of likely N-dealkylation sites (tertiary alicyclic amines) is 1. The molecule has 21 heavy (non-hydrogen) atoms. The molecule has 1 aliphatic heterocycles. The normalized spacial score (nSPS) is 23.4. The summed E-state index contributed by atoms with van der Waals surface area (Å²) in [6, 6.07) is 3.73. The van der Waals surface area contributed by atoms with Gasteiger partial charge in [0.1, 0.15) is 0 Å². The minimum atomic E-state index is -0.809. The quantitative estimate of drug-likeness (QED) is 0.930. The van der Waals surface area contributed by atoms with Gasteiger partial charge < -0.3 is 10.0 Å². The second-order valence-electron chi connectivity index (χ2n) is 6.56. The van der Waals surface area contributed by atoms with Crippen LogP contribution < -0.4 is 0 Å². The maximum atomic E-state index is 12.1. The van der Waals surface area contributed by atoms with Crippen LogP contribution in [0.5, 0.6) is 0 Å². The summed E-state index contributed by atoms with van der Waals surface area (Å²) in [6.45, 7) is 8.88. The van der Waals surface area contributed by atoms with Gasteiger partial charge in [-0.15, -0.1) is 11.3 Å². The summed E-state index contributed by atoms with van der Waals surface area (Å²) in [5, 5.41) is 9.50. The summed E-state index contributed by atoms with van der Waals surface area (Å²) in [5.41, 5.74) is 0.0390. The van der Waals surface area contributed by atoms with E-state index in [9.17, 15) is 14.7 Å². The van der Waals surface area contributed by atoms with Crippen LogP contribution in [0.15, 0.2) is 12.1 Å². The Hall–Kier alpha value is -1.36. The number of carbonyl (C=O) groups is 2. The van der Waals surface area contributed by atoms with E-state index in [2.05, 4.69) is 26.8 Å². The summed E-state index contributed by atoms with van der Waals surface area (Å²) in [7, 11) is 0. The highest BCUT2D eigenvalue weighted by Gasteiger charge is 2.41. The molecule has 1 aliphatic rings. The number of thiophene rings is 1. The van der Waals surface area contributed by atoms with Crippen LogP contribution in [-0.4, -0.2) is 28.4 Å². The first-order valence-electron chi connectivity index (χ1n) is 7.38. The molecule has 0 saturated carbocycles. The fraction of sp³-hybridized carbons (Fsp3) is 0.625. The number of aliphatic carboxylic acids is 1. The molecule has 0 aromatic carbocycles. The molecule has 2 heterocycles. The van der Waals surface area contributed by atoms with E-state index >= 15 is 0 Å². The number of piperidine rings is 1. The van der Waals surface area contributed by atoms with Crippen LogP contribution in [0, 0.1) is 5.92 Å². The van der Waals surface area contributed by atoms with Crippen LogP contribution in [0.25, 0.3) is 0 Å². The molecule has 2 unspecified atom stereocenters. The molecule has 5 heteroatoms. The molecule has 2 rings (SSSR count). The Labute approximate surface area is 129 Å². The molecule has 1 fully saturated rings. The highest BCUT2D eigenvalue weighted by molar-refractivity contribution is 7.12. The van der Waals surface area contributed by atoms with Crippen LogP contribution in [0.2, 0.25) is 0 Å². The molecule has 0 aliphatic carbocycles. The van der Waals surface area contributed by atoms with E-state index in [1.807, 2.05) is 13.0 Å². The van der Waals surface area contributed by atoms with Crippen molar-refractivity contribution >= 4 is 23.2 Å². The number of nitrogens with zero attached hydrogens (tertiary/aromatic N) is 1. The van der Waals surface area contributed by atoms with Crippen LogP contribution in [0.4, 0.5) is 0 Å². The highest BCUT2D eigenvalue weighted by atomic mass is 32.1. The van der Waals surface area contributed by atoms with Gasteiger partial charge in [-0.05, 0) is 30.9 Å². The Morgan fingerprint density at radius 3 is 2.57 bits per heavy atom.